The van der Waals surface area contributed by atoms with E-state index in [1.54, 1.807) is 0 Å². The van der Waals surface area contributed by atoms with Gasteiger partial charge in [-0.2, -0.15) is 0 Å². The number of allylic oxidation sites excluding steroid dienone is 1. The van der Waals surface area contributed by atoms with Gasteiger partial charge in [0.15, 0.2) is 0 Å². The normalized spacial score (nSPS) is 34.0. The van der Waals surface area contributed by atoms with Gasteiger partial charge in [0, 0.05) is 0 Å². The molecular weight excluding hydrogens is 152 g/mol. The van der Waals surface area contributed by atoms with E-state index in [9.17, 15) is 4.79 Å². The molecule has 0 aliphatic heterocycles. The van der Waals surface area contributed by atoms with Gasteiger partial charge < -0.3 is 5.11 Å². The van der Waals surface area contributed by atoms with E-state index in [0.717, 1.165) is 18.4 Å². The first-order chi connectivity index (χ1) is 5.46. The summed E-state index contributed by atoms with van der Waals surface area (Å²) < 4.78 is 0. The molecule has 1 aliphatic rings. The summed E-state index contributed by atoms with van der Waals surface area (Å²) in [5.41, 5.74) is 1.11. The molecule has 0 bridgehead atoms. The number of rotatable bonds is 3. The minimum Gasteiger partial charge on any atom is -0.481 e. The van der Waals surface area contributed by atoms with Gasteiger partial charge in [0.05, 0.1) is 6.42 Å². The number of hydrogen-bond donors (Lipinski definition) is 1. The lowest BCUT2D eigenvalue weighted by Gasteiger charge is -2.47. The summed E-state index contributed by atoms with van der Waals surface area (Å²) in [7, 11) is 0. The zero-order valence-corrected chi connectivity index (χ0v) is 7.76. The third-order valence-electron chi connectivity index (χ3n) is 3.00. The number of carboxylic acid groups (broad SMARTS) is 1. The van der Waals surface area contributed by atoms with Crippen LogP contribution >= 0.6 is 0 Å². The van der Waals surface area contributed by atoms with Crippen LogP contribution in [0.3, 0.4) is 0 Å². The smallest absolute Gasteiger partial charge is 0.303 e. The van der Waals surface area contributed by atoms with Crippen molar-refractivity contribution in [3.63, 3.8) is 0 Å². The van der Waals surface area contributed by atoms with Crippen LogP contribution in [0, 0.1) is 11.3 Å². The van der Waals surface area contributed by atoms with E-state index in [1.807, 2.05) is 13.8 Å². The van der Waals surface area contributed by atoms with E-state index >= 15 is 0 Å². The molecule has 0 amide bonds. The van der Waals surface area contributed by atoms with E-state index in [0.29, 0.717) is 5.92 Å². The minimum absolute atomic E-state index is 0.0162. The van der Waals surface area contributed by atoms with Gasteiger partial charge in [0.1, 0.15) is 0 Å². The van der Waals surface area contributed by atoms with Gasteiger partial charge in [-0.1, -0.05) is 19.1 Å². The standard InChI is InChI=1S/C10H16O2/c1-7(2)8-4-5-10(8,3)6-9(11)12/h8H,1,4-6H2,2-3H3,(H,11,12)/t8-,10+/m0/s1. The quantitative estimate of drug-likeness (QED) is 0.657. The highest BCUT2D eigenvalue weighted by molar-refractivity contribution is 5.68. The Balaban J connectivity index is 2.60. The van der Waals surface area contributed by atoms with E-state index in [4.69, 9.17) is 5.11 Å². The van der Waals surface area contributed by atoms with Gasteiger partial charge in [0.25, 0.3) is 0 Å². The second kappa shape index (κ2) is 2.92. The monoisotopic (exact) mass is 168 g/mol. The molecule has 0 unspecified atom stereocenters. The molecule has 2 heteroatoms. The lowest BCUT2D eigenvalue weighted by Crippen LogP contribution is -2.39. The average molecular weight is 168 g/mol. The van der Waals surface area contributed by atoms with Crippen LogP contribution in [0.5, 0.6) is 0 Å². The van der Waals surface area contributed by atoms with Crippen LogP contribution in [-0.4, -0.2) is 11.1 Å². The maximum Gasteiger partial charge on any atom is 0.303 e. The molecule has 1 rings (SSSR count). The summed E-state index contributed by atoms with van der Waals surface area (Å²) in [6, 6.07) is 0. The highest BCUT2D eigenvalue weighted by Crippen LogP contribution is 2.51. The maximum absolute atomic E-state index is 10.5. The van der Waals surface area contributed by atoms with Gasteiger partial charge in [-0.15, -0.1) is 0 Å². The summed E-state index contributed by atoms with van der Waals surface area (Å²) in [5, 5.41) is 8.68. The van der Waals surface area contributed by atoms with Gasteiger partial charge in [-0.05, 0) is 31.1 Å². The van der Waals surface area contributed by atoms with Crippen molar-refractivity contribution in [2.45, 2.75) is 33.1 Å². The Morgan fingerprint density at radius 3 is 2.58 bits per heavy atom. The Hall–Kier alpha value is -0.790. The summed E-state index contributed by atoms with van der Waals surface area (Å²) in [5.74, 6) is -0.267. The largest absolute Gasteiger partial charge is 0.481 e. The van der Waals surface area contributed by atoms with Crippen LogP contribution in [0.15, 0.2) is 12.2 Å². The van der Waals surface area contributed by atoms with Crippen molar-refractivity contribution < 1.29 is 9.90 Å². The van der Waals surface area contributed by atoms with Crippen molar-refractivity contribution in [1.29, 1.82) is 0 Å². The topological polar surface area (TPSA) is 37.3 Å². The molecule has 1 saturated carbocycles. The molecule has 1 aliphatic carbocycles. The first kappa shape index (κ1) is 9.30. The minimum atomic E-state index is -0.691. The summed E-state index contributed by atoms with van der Waals surface area (Å²) >= 11 is 0. The zero-order valence-electron chi connectivity index (χ0n) is 7.76. The fourth-order valence-corrected chi connectivity index (χ4v) is 2.18. The van der Waals surface area contributed by atoms with Crippen LogP contribution in [0.25, 0.3) is 0 Å². The third-order valence-corrected chi connectivity index (χ3v) is 3.00. The Morgan fingerprint density at radius 2 is 2.33 bits per heavy atom. The third kappa shape index (κ3) is 1.52. The first-order valence-corrected chi connectivity index (χ1v) is 4.33. The lowest BCUT2D eigenvalue weighted by atomic mass is 9.57. The molecule has 0 aromatic heterocycles. The molecule has 0 radical (unpaired) electrons. The van der Waals surface area contributed by atoms with Crippen LogP contribution in [0.1, 0.15) is 33.1 Å². The van der Waals surface area contributed by atoms with Crippen molar-refractivity contribution in [3.05, 3.63) is 12.2 Å². The van der Waals surface area contributed by atoms with Crippen LogP contribution < -0.4 is 0 Å². The molecule has 12 heavy (non-hydrogen) atoms. The molecule has 0 spiro atoms. The van der Waals surface area contributed by atoms with Gasteiger partial charge in [0.2, 0.25) is 0 Å². The number of aliphatic carboxylic acids is 1. The van der Waals surface area contributed by atoms with Crippen molar-refractivity contribution in [3.8, 4) is 0 Å². The zero-order chi connectivity index (χ0) is 9.35. The van der Waals surface area contributed by atoms with Crippen molar-refractivity contribution >= 4 is 5.97 Å². The molecule has 1 fully saturated rings. The van der Waals surface area contributed by atoms with Crippen LogP contribution in [0.2, 0.25) is 0 Å². The molecule has 2 nitrogen and oxygen atoms in total. The number of hydrogen-bond acceptors (Lipinski definition) is 1. The SMILES string of the molecule is C=C(C)[C@@H]1CC[C@]1(C)CC(=O)O. The predicted octanol–water partition coefficient (Wildman–Crippen LogP) is 2.45. The highest BCUT2D eigenvalue weighted by atomic mass is 16.4. The molecule has 0 heterocycles. The fraction of sp³-hybridized carbons (Fsp3) is 0.700. The van der Waals surface area contributed by atoms with Crippen molar-refractivity contribution in [2.24, 2.45) is 11.3 Å². The molecule has 68 valence electrons. The Morgan fingerprint density at radius 1 is 1.75 bits per heavy atom. The molecule has 0 aromatic carbocycles. The van der Waals surface area contributed by atoms with E-state index < -0.39 is 5.97 Å². The number of carboxylic acids is 1. The summed E-state index contributed by atoms with van der Waals surface area (Å²) in [4.78, 5) is 10.5. The van der Waals surface area contributed by atoms with E-state index in [2.05, 4.69) is 6.58 Å². The van der Waals surface area contributed by atoms with Crippen LogP contribution in [-0.2, 0) is 4.79 Å². The molecule has 2 atom stereocenters. The summed E-state index contributed by atoms with van der Waals surface area (Å²) in [6.45, 7) is 7.92. The van der Waals surface area contributed by atoms with E-state index in [1.165, 1.54) is 0 Å². The molecular formula is C10H16O2. The maximum atomic E-state index is 10.5. The van der Waals surface area contributed by atoms with Crippen LogP contribution in [0.4, 0.5) is 0 Å². The second-order valence-electron chi connectivity index (χ2n) is 4.16. The van der Waals surface area contributed by atoms with Crippen molar-refractivity contribution in [2.75, 3.05) is 0 Å². The number of carbonyl (C=O) groups is 1. The molecule has 0 aromatic rings. The van der Waals surface area contributed by atoms with Crippen molar-refractivity contribution in [1.82, 2.24) is 0 Å². The first-order valence-electron chi connectivity index (χ1n) is 4.33. The van der Waals surface area contributed by atoms with E-state index in [-0.39, 0.29) is 11.8 Å². The second-order valence-corrected chi connectivity index (χ2v) is 4.16. The average Bonchev–Trinajstić information content (AvgIpc) is 1.82. The van der Waals surface area contributed by atoms with Gasteiger partial charge in [-0.3, -0.25) is 4.79 Å². The predicted molar refractivity (Wildman–Crippen MR) is 47.9 cm³/mol. The highest BCUT2D eigenvalue weighted by Gasteiger charge is 2.44. The summed E-state index contributed by atoms with van der Waals surface area (Å²) in [6.07, 6.45) is 2.42. The Bertz CT molecular complexity index is 220. The molecule has 0 saturated heterocycles. The van der Waals surface area contributed by atoms with Gasteiger partial charge in [-0.25, -0.2) is 0 Å². The van der Waals surface area contributed by atoms with Gasteiger partial charge >= 0.3 is 5.97 Å². The Labute approximate surface area is 73.3 Å². The Kier molecular flexibility index (Phi) is 2.27. The molecule has 1 N–H and O–H groups in total. The fourth-order valence-electron chi connectivity index (χ4n) is 2.18. The lowest BCUT2D eigenvalue weighted by molar-refractivity contribution is -0.142.